The first-order valence-corrected chi connectivity index (χ1v) is 9.28. The molecule has 0 bridgehead atoms. The van der Waals surface area contributed by atoms with Gasteiger partial charge in [-0.3, -0.25) is 0 Å². The molecule has 134 valence electrons. The highest BCUT2D eigenvalue weighted by Crippen LogP contribution is 2.40. The first-order chi connectivity index (χ1) is 12.8. The number of nitrogens with one attached hydrogen (secondary N) is 1. The number of fused-ring (bicyclic) bond motifs is 1. The summed E-state index contributed by atoms with van der Waals surface area (Å²) >= 11 is 0. The van der Waals surface area contributed by atoms with Gasteiger partial charge in [-0.25, -0.2) is 9.97 Å². The average molecular weight is 347 g/mol. The van der Waals surface area contributed by atoms with E-state index >= 15 is 0 Å². The summed E-state index contributed by atoms with van der Waals surface area (Å²) in [4.78, 5) is 9.22. The van der Waals surface area contributed by atoms with Crippen molar-refractivity contribution >= 4 is 10.8 Å². The van der Waals surface area contributed by atoms with Gasteiger partial charge in [0.25, 0.3) is 0 Å². The van der Waals surface area contributed by atoms with Crippen molar-refractivity contribution in [2.45, 2.75) is 25.8 Å². The van der Waals surface area contributed by atoms with Crippen molar-refractivity contribution in [2.24, 2.45) is 5.41 Å². The SMILES string of the molecule is COCC1(CNCc2cnc(-c3cccc4ccccc34)nc2)CCC1. The molecule has 4 rings (SSSR count). The van der Waals surface area contributed by atoms with Gasteiger partial charge in [0.15, 0.2) is 5.82 Å². The molecule has 1 N–H and O–H groups in total. The topological polar surface area (TPSA) is 47.0 Å². The fourth-order valence-electron chi connectivity index (χ4n) is 3.83. The van der Waals surface area contributed by atoms with Crippen molar-refractivity contribution in [3.05, 3.63) is 60.4 Å². The summed E-state index contributed by atoms with van der Waals surface area (Å²) in [6, 6.07) is 14.6. The minimum Gasteiger partial charge on any atom is -0.384 e. The molecule has 1 saturated carbocycles. The largest absolute Gasteiger partial charge is 0.384 e. The van der Waals surface area contributed by atoms with Crippen LogP contribution in [-0.2, 0) is 11.3 Å². The van der Waals surface area contributed by atoms with Crippen LogP contribution in [-0.4, -0.2) is 30.2 Å². The van der Waals surface area contributed by atoms with Gasteiger partial charge in [0.1, 0.15) is 0 Å². The summed E-state index contributed by atoms with van der Waals surface area (Å²) in [5.74, 6) is 0.778. The van der Waals surface area contributed by atoms with E-state index in [1.54, 1.807) is 7.11 Å². The molecule has 1 aliphatic rings. The third kappa shape index (κ3) is 3.48. The smallest absolute Gasteiger partial charge is 0.159 e. The van der Waals surface area contributed by atoms with Crippen LogP contribution < -0.4 is 5.32 Å². The van der Waals surface area contributed by atoms with Crippen LogP contribution in [0.1, 0.15) is 24.8 Å². The molecule has 26 heavy (non-hydrogen) atoms. The molecular weight excluding hydrogens is 322 g/mol. The maximum Gasteiger partial charge on any atom is 0.159 e. The van der Waals surface area contributed by atoms with Crippen molar-refractivity contribution in [2.75, 3.05) is 20.3 Å². The summed E-state index contributed by atoms with van der Waals surface area (Å²) < 4.78 is 5.39. The van der Waals surface area contributed by atoms with E-state index < -0.39 is 0 Å². The molecule has 0 saturated heterocycles. The molecule has 0 aliphatic heterocycles. The van der Waals surface area contributed by atoms with E-state index in [0.29, 0.717) is 5.41 Å². The lowest BCUT2D eigenvalue weighted by molar-refractivity contribution is 0.0177. The van der Waals surface area contributed by atoms with Crippen molar-refractivity contribution in [1.29, 1.82) is 0 Å². The molecule has 1 aromatic heterocycles. The first kappa shape index (κ1) is 17.1. The highest BCUT2D eigenvalue weighted by Gasteiger charge is 2.36. The van der Waals surface area contributed by atoms with Gasteiger partial charge in [0, 0.05) is 49.1 Å². The molecule has 0 atom stereocenters. The van der Waals surface area contributed by atoms with Crippen molar-refractivity contribution < 1.29 is 4.74 Å². The first-order valence-electron chi connectivity index (χ1n) is 9.28. The molecule has 0 spiro atoms. The number of ether oxygens (including phenoxy) is 1. The van der Waals surface area contributed by atoms with E-state index in [-0.39, 0.29) is 0 Å². The molecular formula is C22H25N3O. The fourth-order valence-corrected chi connectivity index (χ4v) is 3.83. The van der Waals surface area contributed by atoms with E-state index in [4.69, 9.17) is 4.74 Å². The second kappa shape index (κ2) is 7.52. The van der Waals surface area contributed by atoms with Crippen LogP contribution in [0.15, 0.2) is 54.9 Å². The zero-order chi connectivity index (χ0) is 17.8. The molecule has 2 aromatic carbocycles. The maximum atomic E-state index is 5.39. The Kier molecular flexibility index (Phi) is 4.96. The summed E-state index contributed by atoms with van der Waals surface area (Å²) in [7, 11) is 1.79. The second-order valence-electron chi connectivity index (χ2n) is 7.33. The average Bonchev–Trinajstić information content (AvgIpc) is 2.66. The van der Waals surface area contributed by atoms with Crippen LogP contribution in [0.2, 0.25) is 0 Å². The van der Waals surface area contributed by atoms with Gasteiger partial charge in [-0.05, 0) is 23.6 Å². The summed E-state index contributed by atoms with van der Waals surface area (Å²) in [5.41, 5.74) is 2.52. The predicted octanol–water partition coefficient (Wildman–Crippen LogP) is 4.20. The van der Waals surface area contributed by atoms with Crippen LogP contribution in [0.25, 0.3) is 22.2 Å². The Bertz CT molecular complexity index is 867. The monoisotopic (exact) mass is 347 g/mol. The lowest BCUT2D eigenvalue weighted by Gasteiger charge is -2.41. The standard InChI is InChI=1S/C22H25N3O/c1-26-16-22(10-5-11-22)15-23-12-17-13-24-21(25-14-17)20-9-4-7-18-6-2-3-8-19(18)20/h2-4,6-9,13-14,23H,5,10-12,15-16H2,1H3. The summed E-state index contributed by atoms with van der Waals surface area (Å²) in [6.07, 6.45) is 7.68. The van der Waals surface area contributed by atoms with Crippen molar-refractivity contribution in [3.8, 4) is 11.4 Å². The van der Waals surface area contributed by atoms with E-state index in [2.05, 4.69) is 57.7 Å². The zero-order valence-electron chi connectivity index (χ0n) is 15.2. The normalized spacial score (nSPS) is 15.7. The number of benzene rings is 2. The number of aromatic nitrogens is 2. The van der Waals surface area contributed by atoms with Crippen molar-refractivity contribution in [3.63, 3.8) is 0 Å². The quantitative estimate of drug-likeness (QED) is 0.696. The van der Waals surface area contributed by atoms with Crippen LogP contribution >= 0.6 is 0 Å². The number of rotatable bonds is 7. The Morgan fingerprint density at radius 1 is 1.04 bits per heavy atom. The molecule has 4 nitrogen and oxygen atoms in total. The number of hydrogen-bond donors (Lipinski definition) is 1. The van der Waals surface area contributed by atoms with E-state index in [0.717, 1.165) is 36.6 Å². The number of methoxy groups -OCH3 is 1. The number of nitrogens with zero attached hydrogens (tertiary/aromatic N) is 2. The molecule has 3 aromatic rings. The summed E-state index contributed by atoms with van der Waals surface area (Å²) in [5, 5.41) is 5.96. The highest BCUT2D eigenvalue weighted by atomic mass is 16.5. The van der Waals surface area contributed by atoms with Gasteiger partial charge in [0.2, 0.25) is 0 Å². The molecule has 0 radical (unpaired) electrons. The Hall–Kier alpha value is -2.30. The maximum absolute atomic E-state index is 5.39. The summed E-state index contributed by atoms with van der Waals surface area (Å²) in [6.45, 7) is 2.63. The Morgan fingerprint density at radius 2 is 1.81 bits per heavy atom. The van der Waals surface area contributed by atoms with Gasteiger partial charge in [-0.2, -0.15) is 0 Å². The highest BCUT2D eigenvalue weighted by molar-refractivity contribution is 5.94. The van der Waals surface area contributed by atoms with E-state index in [9.17, 15) is 0 Å². The van der Waals surface area contributed by atoms with Gasteiger partial charge in [-0.15, -0.1) is 0 Å². The molecule has 1 aliphatic carbocycles. The molecule has 4 heteroatoms. The van der Waals surface area contributed by atoms with Crippen LogP contribution in [0.5, 0.6) is 0 Å². The molecule has 1 fully saturated rings. The fraction of sp³-hybridized carbons (Fsp3) is 0.364. The Morgan fingerprint density at radius 3 is 2.54 bits per heavy atom. The van der Waals surface area contributed by atoms with Crippen molar-refractivity contribution in [1.82, 2.24) is 15.3 Å². The second-order valence-corrected chi connectivity index (χ2v) is 7.33. The lowest BCUT2D eigenvalue weighted by Crippen LogP contribution is -2.43. The van der Waals surface area contributed by atoms with E-state index in [1.807, 2.05) is 12.4 Å². The van der Waals surface area contributed by atoms with Crippen LogP contribution in [0.4, 0.5) is 0 Å². The van der Waals surface area contributed by atoms with Gasteiger partial charge in [-0.1, -0.05) is 48.9 Å². The predicted molar refractivity (Wildman–Crippen MR) is 105 cm³/mol. The minimum absolute atomic E-state index is 0.332. The third-order valence-electron chi connectivity index (χ3n) is 5.43. The minimum atomic E-state index is 0.332. The Labute approximate surface area is 154 Å². The third-order valence-corrected chi connectivity index (χ3v) is 5.43. The lowest BCUT2D eigenvalue weighted by atomic mass is 9.69. The van der Waals surface area contributed by atoms with Gasteiger partial charge >= 0.3 is 0 Å². The number of hydrogen-bond acceptors (Lipinski definition) is 4. The zero-order valence-corrected chi connectivity index (χ0v) is 15.2. The van der Waals surface area contributed by atoms with Crippen LogP contribution in [0.3, 0.4) is 0 Å². The molecule has 0 amide bonds. The van der Waals surface area contributed by atoms with Gasteiger partial charge < -0.3 is 10.1 Å². The Balaban J connectivity index is 1.43. The van der Waals surface area contributed by atoms with E-state index in [1.165, 1.54) is 30.0 Å². The van der Waals surface area contributed by atoms with Crippen LogP contribution in [0, 0.1) is 5.41 Å². The van der Waals surface area contributed by atoms with Gasteiger partial charge in [0.05, 0.1) is 6.61 Å². The molecule has 1 heterocycles. The molecule has 0 unspecified atom stereocenters.